The molecule has 0 amide bonds. The first-order valence-electron chi connectivity index (χ1n) is 5.60. The van der Waals surface area contributed by atoms with E-state index in [1.165, 1.54) is 18.2 Å². The van der Waals surface area contributed by atoms with Gasteiger partial charge in [0, 0.05) is 5.56 Å². The van der Waals surface area contributed by atoms with E-state index in [4.69, 9.17) is 9.63 Å². The maximum absolute atomic E-state index is 12.1. The highest BCUT2D eigenvalue weighted by Crippen LogP contribution is 2.22. The molecule has 0 saturated heterocycles. The van der Waals surface area contributed by atoms with Gasteiger partial charge in [-0.3, -0.25) is 0 Å². The Bertz CT molecular complexity index is 764. The number of anilines is 1. The number of rotatable bonds is 4. The van der Waals surface area contributed by atoms with E-state index >= 15 is 0 Å². The highest BCUT2D eigenvalue weighted by molar-refractivity contribution is 7.92. The molecule has 0 aliphatic rings. The molecule has 8 heteroatoms. The summed E-state index contributed by atoms with van der Waals surface area (Å²) in [6.07, 6.45) is 0. The van der Waals surface area contributed by atoms with E-state index in [2.05, 4.69) is 9.88 Å². The molecule has 0 aliphatic carbocycles. The zero-order valence-electron chi connectivity index (χ0n) is 10.7. The Hall–Kier alpha value is -2.35. The van der Waals surface area contributed by atoms with Crippen molar-refractivity contribution in [3.63, 3.8) is 0 Å². The van der Waals surface area contributed by atoms with Crippen LogP contribution in [0.5, 0.6) is 0 Å². The quantitative estimate of drug-likeness (QED) is 0.890. The SMILES string of the molecule is Cc1noc(NS(=O)(=O)c2cccc(C(=O)O)c2)c1C. The molecule has 0 aliphatic heterocycles. The molecule has 0 atom stereocenters. The van der Waals surface area contributed by atoms with Gasteiger partial charge in [-0.2, -0.15) is 0 Å². The van der Waals surface area contributed by atoms with Crippen molar-refractivity contribution in [1.82, 2.24) is 5.16 Å². The first-order valence-corrected chi connectivity index (χ1v) is 7.08. The molecule has 7 nitrogen and oxygen atoms in total. The summed E-state index contributed by atoms with van der Waals surface area (Å²) >= 11 is 0. The van der Waals surface area contributed by atoms with E-state index in [1.54, 1.807) is 13.8 Å². The lowest BCUT2D eigenvalue weighted by atomic mass is 10.2. The van der Waals surface area contributed by atoms with Crippen LogP contribution in [-0.4, -0.2) is 24.7 Å². The molecule has 0 saturated carbocycles. The smallest absolute Gasteiger partial charge is 0.335 e. The molecule has 2 rings (SSSR count). The van der Waals surface area contributed by atoms with Gasteiger partial charge in [0.05, 0.1) is 16.2 Å². The molecule has 0 fully saturated rings. The van der Waals surface area contributed by atoms with E-state index in [0.29, 0.717) is 11.3 Å². The van der Waals surface area contributed by atoms with Crippen molar-refractivity contribution in [3.8, 4) is 0 Å². The third-order valence-corrected chi connectivity index (χ3v) is 4.10. The maximum Gasteiger partial charge on any atom is 0.335 e. The Morgan fingerprint density at radius 1 is 1.35 bits per heavy atom. The summed E-state index contributed by atoms with van der Waals surface area (Å²) < 4.78 is 31.4. The van der Waals surface area contributed by atoms with E-state index < -0.39 is 16.0 Å². The van der Waals surface area contributed by atoms with Gasteiger partial charge < -0.3 is 9.63 Å². The molecule has 1 aromatic heterocycles. The number of benzene rings is 1. The topological polar surface area (TPSA) is 110 Å². The van der Waals surface area contributed by atoms with Gasteiger partial charge in [0.2, 0.25) is 5.88 Å². The highest BCUT2D eigenvalue weighted by Gasteiger charge is 2.20. The van der Waals surface area contributed by atoms with Crippen LogP contribution in [0.15, 0.2) is 33.7 Å². The number of nitrogens with zero attached hydrogens (tertiary/aromatic N) is 1. The van der Waals surface area contributed by atoms with Gasteiger partial charge in [-0.25, -0.2) is 17.9 Å². The van der Waals surface area contributed by atoms with Crippen molar-refractivity contribution in [1.29, 1.82) is 0 Å². The van der Waals surface area contributed by atoms with Gasteiger partial charge in [-0.1, -0.05) is 11.2 Å². The Morgan fingerprint density at radius 3 is 2.60 bits per heavy atom. The minimum Gasteiger partial charge on any atom is -0.478 e. The fourth-order valence-corrected chi connectivity index (χ4v) is 2.58. The number of carboxylic acid groups (broad SMARTS) is 1. The number of hydrogen-bond acceptors (Lipinski definition) is 5. The second-order valence-corrected chi connectivity index (χ2v) is 5.84. The summed E-state index contributed by atoms with van der Waals surface area (Å²) in [5, 5.41) is 12.5. The predicted molar refractivity (Wildman–Crippen MR) is 70.2 cm³/mol. The van der Waals surface area contributed by atoms with Crippen LogP contribution in [0.25, 0.3) is 0 Å². The Kier molecular flexibility index (Phi) is 3.49. The Labute approximate surface area is 115 Å². The first kappa shape index (κ1) is 14.1. The van der Waals surface area contributed by atoms with Crippen molar-refractivity contribution >= 4 is 21.9 Å². The largest absolute Gasteiger partial charge is 0.478 e. The molecule has 0 unspecified atom stereocenters. The van der Waals surface area contributed by atoms with Crippen molar-refractivity contribution in [2.75, 3.05) is 4.72 Å². The lowest BCUT2D eigenvalue weighted by Gasteiger charge is -2.06. The van der Waals surface area contributed by atoms with Gasteiger partial charge in [-0.15, -0.1) is 0 Å². The van der Waals surface area contributed by atoms with Gasteiger partial charge in [0.1, 0.15) is 0 Å². The fourth-order valence-electron chi connectivity index (χ4n) is 1.49. The maximum atomic E-state index is 12.1. The number of carbonyl (C=O) groups is 1. The van der Waals surface area contributed by atoms with Crippen LogP contribution in [-0.2, 0) is 10.0 Å². The summed E-state index contributed by atoms with van der Waals surface area (Å²) in [4.78, 5) is 10.7. The minimum atomic E-state index is -3.93. The van der Waals surface area contributed by atoms with Gasteiger partial charge in [-0.05, 0) is 32.0 Å². The molecule has 106 valence electrons. The summed E-state index contributed by atoms with van der Waals surface area (Å²) in [7, 11) is -3.93. The molecule has 1 heterocycles. The van der Waals surface area contributed by atoms with Crippen LogP contribution in [0.2, 0.25) is 0 Å². The second-order valence-electron chi connectivity index (χ2n) is 4.16. The van der Waals surface area contributed by atoms with Gasteiger partial charge in [0.25, 0.3) is 10.0 Å². The summed E-state index contributed by atoms with van der Waals surface area (Å²) in [5.74, 6) is -1.18. The average molecular weight is 296 g/mol. The highest BCUT2D eigenvalue weighted by atomic mass is 32.2. The van der Waals surface area contributed by atoms with E-state index in [9.17, 15) is 13.2 Å². The molecule has 20 heavy (non-hydrogen) atoms. The number of nitrogens with one attached hydrogen (secondary N) is 1. The van der Waals surface area contributed by atoms with Crippen LogP contribution < -0.4 is 4.72 Å². The van der Waals surface area contributed by atoms with E-state index in [1.807, 2.05) is 0 Å². The lowest BCUT2D eigenvalue weighted by Crippen LogP contribution is -2.14. The van der Waals surface area contributed by atoms with Gasteiger partial charge >= 0.3 is 5.97 Å². The molecule has 0 radical (unpaired) electrons. The molecular weight excluding hydrogens is 284 g/mol. The number of carboxylic acids is 1. The molecule has 1 aromatic carbocycles. The van der Waals surface area contributed by atoms with Crippen molar-refractivity contribution in [2.24, 2.45) is 0 Å². The number of hydrogen-bond donors (Lipinski definition) is 2. The van der Waals surface area contributed by atoms with E-state index in [-0.39, 0.29) is 16.3 Å². The number of aromatic carboxylic acids is 1. The Balaban J connectivity index is 2.38. The number of sulfonamides is 1. The van der Waals surface area contributed by atoms with Crippen LogP contribution in [0.3, 0.4) is 0 Å². The number of aromatic nitrogens is 1. The van der Waals surface area contributed by atoms with Crippen LogP contribution in [0.1, 0.15) is 21.6 Å². The minimum absolute atomic E-state index is 0.0169. The summed E-state index contributed by atoms with van der Waals surface area (Å²) in [5.41, 5.74) is 1.03. The molecule has 2 N–H and O–H groups in total. The van der Waals surface area contributed by atoms with Crippen molar-refractivity contribution < 1.29 is 22.8 Å². The standard InChI is InChI=1S/C12H12N2O5S/c1-7-8(2)13-19-11(7)14-20(17,18)10-5-3-4-9(6-10)12(15)16/h3-6,14H,1-2H3,(H,15,16). The third-order valence-electron chi connectivity index (χ3n) is 2.78. The molecule has 0 bridgehead atoms. The van der Waals surface area contributed by atoms with E-state index in [0.717, 1.165) is 6.07 Å². The molecular formula is C12H12N2O5S. The van der Waals surface area contributed by atoms with Gasteiger partial charge in [0.15, 0.2) is 0 Å². The fraction of sp³-hybridized carbons (Fsp3) is 0.167. The third kappa shape index (κ3) is 2.64. The first-order chi connectivity index (χ1) is 9.31. The molecule has 0 spiro atoms. The Morgan fingerprint density at radius 2 is 2.05 bits per heavy atom. The average Bonchev–Trinajstić information content (AvgIpc) is 2.70. The van der Waals surface area contributed by atoms with Crippen LogP contribution >= 0.6 is 0 Å². The normalized spacial score (nSPS) is 11.3. The van der Waals surface area contributed by atoms with Crippen LogP contribution in [0, 0.1) is 13.8 Å². The predicted octanol–water partition coefficient (Wildman–Crippen LogP) is 1.79. The molecule has 2 aromatic rings. The van der Waals surface area contributed by atoms with Crippen molar-refractivity contribution in [3.05, 3.63) is 41.1 Å². The summed E-state index contributed by atoms with van der Waals surface area (Å²) in [6, 6.07) is 5.04. The second kappa shape index (κ2) is 4.97. The monoisotopic (exact) mass is 296 g/mol. The van der Waals surface area contributed by atoms with Crippen molar-refractivity contribution in [2.45, 2.75) is 18.7 Å². The summed E-state index contributed by atoms with van der Waals surface area (Å²) in [6.45, 7) is 3.35. The van der Waals surface area contributed by atoms with Crippen LogP contribution in [0.4, 0.5) is 5.88 Å². The lowest BCUT2D eigenvalue weighted by molar-refractivity contribution is 0.0696. The number of aryl methyl sites for hydroxylation is 1. The zero-order valence-corrected chi connectivity index (χ0v) is 11.6. The zero-order chi connectivity index (χ0) is 14.9.